The van der Waals surface area contributed by atoms with E-state index in [2.05, 4.69) is 29.2 Å². The van der Waals surface area contributed by atoms with Crippen LogP contribution in [0.4, 0.5) is 0 Å². The first-order valence-electron chi connectivity index (χ1n) is 8.75. The Bertz CT molecular complexity index is 628. The van der Waals surface area contributed by atoms with E-state index < -0.39 is 0 Å². The van der Waals surface area contributed by atoms with Gasteiger partial charge in [-0.05, 0) is 36.0 Å². The van der Waals surface area contributed by atoms with Crippen molar-refractivity contribution in [1.82, 2.24) is 4.90 Å². The molecular formula is C21H25NO2. The molecule has 1 heterocycles. The summed E-state index contributed by atoms with van der Waals surface area (Å²) < 4.78 is 5.38. The number of benzene rings is 2. The lowest BCUT2D eigenvalue weighted by molar-refractivity contribution is 0.0384. The zero-order chi connectivity index (χ0) is 16.6. The van der Waals surface area contributed by atoms with Gasteiger partial charge in [0.15, 0.2) is 0 Å². The van der Waals surface area contributed by atoms with Crippen LogP contribution in [-0.4, -0.2) is 44.0 Å². The molecule has 24 heavy (non-hydrogen) atoms. The van der Waals surface area contributed by atoms with Crippen LogP contribution in [0.3, 0.4) is 0 Å². The second-order valence-electron chi connectivity index (χ2n) is 6.38. The lowest BCUT2D eigenvalue weighted by Crippen LogP contribution is -2.37. The molecule has 1 aliphatic heterocycles. The molecule has 0 aliphatic carbocycles. The van der Waals surface area contributed by atoms with Gasteiger partial charge < -0.3 is 4.74 Å². The Kier molecular flexibility index (Phi) is 6.16. The van der Waals surface area contributed by atoms with Gasteiger partial charge in [-0.1, -0.05) is 48.5 Å². The molecule has 1 fully saturated rings. The summed E-state index contributed by atoms with van der Waals surface area (Å²) in [6, 6.07) is 16.9. The molecule has 3 heteroatoms. The minimum atomic E-state index is 0.739. The largest absolute Gasteiger partial charge is 0.379 e. The fraction of sp³-hybridized carbons (Fsp3) is 0.381. The summed E-state index contributed by atoms with van der Waals surface area (Å²) in [6.45, 7) is 4.97. The number of hydrogen-bond donors (Lipinski definition) is 0. The van der Waals surface area contributed by atoms with Crippen molar-refractivity contribution < 1.29 is 9.53 Å². The smallest absolute Gasteiger partial charge is 0.150 e. The van der Waals surface area contributed by atoms with Gasteiger partial charge in [0.05, 0.1) is 13.2 Å². The Morgan fingerprint density at radius 2 is 1.29 bits per heavy atom. The second kappa shape index (κ2) is 8.76. The maximum absolute atomic E-state index is 10.7. The molecule has 2 aromatic carbocycles. The number of aryl methyl sites for hydroxylation is 2. The van der Waals surface area contributed by atoms with Gasteiger partial charge in [0.25, 0.3) is 0 Å². The van der Waals surface area contributed by atoms with Crippen molar-refractivity contribution >= 4 is 6.29 Å². The van der Waals surface area contributed by atoms with E-state index in [0.29, 0.717) is 0 Å². The first kappa shape index (κ1) is 16.9. The molecular weight excluding hydrogens is 298 g/mol. The van der Waals surface area contributed by atoms with Crippen LogP contribution in [0.5, 0.6) is 0 Å². The Hall–Kier alpha value is -1.97. The molecule has 0 atom stereocenters. The Labute approximate surface area is 144 Å². The van der Waals surface area contributed by atoms with Crippen LogP contribution >= 0.6 is 0 Å². The van der Waals surface area contributed by atoms with Gasteiger partial charge in [0, 0.05) is 25.2 Å². The van der Waals surface area contributed by atoms with Gasteiger partial charge in [-0.3, -0.25) is 9.69 Å². The summed E-state index contributed by atoms with van der Waals surface area (Å²) in [5.41, 5.74) is 4.78. The van der Waals surface area contributed by atoms with Crippen molar-refractivity contribution in [2.45, 2.75) is 19.3 Å². The molecule has 1 aliphatic rings. The summed E-state index contributed by atoms with van der Waals surface area (Å²) in [7, 11) is 0. The highest BCUT2D eigenvalue weighted by Gasteiger charge is 2.09. The summed E-state index contributed by atoms with van der Waals surface area (Å²) in [5, 5.41) is 0. The molecule has 0 bridgehead atoms. The average Bonchev–Trinajstić information content (AvgIpc) is 2.67. The van der Waals surface area contributed by atoms with Gasteiger partial charge in [0.1, 0.15) is 6.29 Å². The number of carbonyl (C=O) groups is 1. The van der Waals surface area contributed by atoms with E-state index >= 15 is 0 Å². The predicted molar refractivity (Wildman–Crippen MR) is 96.6 cm³/mol. The molecule has 0 aromatic heterocycles. The Morgan fingerprint density at radius 3 is 1.83 bits per heavy atom. The van der Waals surface area contributed by atoms with Gasteiger partial charge >= 0.3 is 0 Å². The van der Waals surface area contributed by atoms with Crippen molar-refractivity contribution in [3.05, 3.63) is 70.8 Å². The van der Waals surface area contributed by atoms with Gasteiger partial charge in [-0.25, -0.2) is 0 Å². The molecule has 3 rings (SSSR count). The highest BCUT2D eigenvalue weighted by atomic mass is 16.5. The van der Waals surface area contributed by atoms with Crippen LogP contribution in [0.25, 0.3) is 0 Å². The number of carbonyl (C=O) groups excluding carboxylic acids is 1. The van der Waals surface area contributed by atoms with Crippen LogP contribution in [0, 0.1) is 0 Å². The average molecular weight is 323 g/mol. The predicted octanol–water partition coefficient (Wildman–Crippen LogP) is 3.16. The quantitative estimate of drug-likeness (QED) is 0.733. The summed E-state index contributed by atoms with van der Waals surface area (Å²) in [5.74, 6) is 0. The van der Waals surface area contributed by atoms with Gasteiger partial charge in [-0.15, -0.1) is 0 Å². The number of aldehydes is 1. The normalized spacial score (nSPS) is 15.3. The van der Waals surface area contributed by atoms with E-state index in [0.717, 1.165) is 64.0 Å². The number of rotatable bonds is 7. The first-order chi connectivity index (χ1) is 11.8. The van der Waals surface area contributed by atoms with Crippen LogP contribution < -0.4 is 0 Å². The number of morpholine rings is 1. The molecule has 1 saturated heterocycles. The molecule has 0 saturated carbocycles. The van der Waals surface area contributed by atoms with Gasteiger partial charge in [0.2, 0.25) is 0 Å². The molecule has 0 amide bonds. The maximum atomic E-state index is 10.7. The number of nitrogens with zero attached hydrogens (tertiary/aromatic N) is 1. The van der Waals surface area contributed by atoms with E-state index in [1.807, 2.05) is 24.3 Å². The summed E-state index contributed by atoms with van der Waals surface area (Å²) in [6.07, 6.45) is 4.03. The lowest BCUT2D eigenvalue weighted by Gasteiger charge is -2.26. The fourth-order valence-electron chi connectivity index (χ4n) is 3.04. The third-order valence-corrected chi connectivity index (χ3v) is 4.66. The van der Waals surface area contributed by atoms with E-state index in [1.165, 1.54) is 16.7 Å². The van der Waals surface area contributed by atoms with Crippen molar-refractivity contribution in [2.75, 3.05) is 32.8 Å². The standard InChI is InChI=1S/C21H25NO2/c23-17-21-9-7-19(8-10-21)2-1-18-3-5-20(6-4-18)11-12-22-13-15-24-16-14-22/h3-10,17H,1-2,11-16H2. The molecule has 3 nitrogen and oxygen atoms in total. The molecule has 2 aromatic rings. The SMILES string of the molecule is O=Cc1ccc(CCc2ccc(CCN3CCOCC3)cc2)cc1. The zero-order valence-corrected chi connectivity index (χ0v) is 14.1. The van der Waals surface area contributed by atoms with Crippen LogP contribution in [-0.2, 0) is 24.0 Å². The Balaban J connectivity index is 1.45. The van der Waals surface area contributed by atoms with E-state index in [9.17, 15) is 4.79 Å². The number of ether oxygens (including phenoxy) is 1. The summed E-state index contributed by atoms with van der Waals surface area (Å²) >= 11 is 0. The van der Waals surface area contributed by atoms with Crippen LogP contribution in [0.1, 0.15) is 27.0 Å². The number of hydrogen-bond acceptors (Lipinski definition) is 3. The third-order valence-electron chi connectivity index (χ3n) is 4.66. The van der Waals surface area contributed by atoms with Crippen LogP contribution in [0.2, 0.25) is 0 Å². The monoisotopic (exact) mass is 323 g/mol. The Morgan fingerprint density at radius 1 is 0.792 bits per heavy atom. The highest BCUT2D eigenvalue weighted by Crippen LogP contribution is 2.11. The van der Waals surface area contributed by atoms with Crippen molar-refractivity contribution in [2.24, 2.45) is 0 Å². The minimum Gasteiger partial charge on any atom is -0.379 e. The van der Waals surface area contributed by atoms with E-state index in [4.69, 9.17) is 4.74 Å². The van der Waals surface area contributed by atoms with Crippen molar-refractivity contribution in [3.63, 3.8) is 0 Å². The van der Waals surface area contributed by atoms with Crippen LogP contribution in [0.15, 0.2) is 48.5 Å². The zero-order valence-electron chi connectivity index (χ0n) is 14.1. The van der Waals surface area contributed by atoms with E-state index in [-0.39, 0.29) is 0 Å². The summed E-state index contributed by atoms with van der Waals surface area (Å²) in [4.78, 5) is 13.1. The maximum Gasteiger partial charge on any atom is 0.150 e. The molecule has 0 unspecified atom stereocenters. The first-order valence-corrected chi connectivity index (χ1v) is 8.75. The minimum absolute atomic E-state index is 0.739. The topological polar surface area (TPSA) is 29.5 Å². The van der Waals surface area contributed by atoms with Gasteiger partial charge in [-0.2, -0.15) is 0 Å². The highest BCUT2D eigenvalue weighted by molar-refractivity contribution is 5.74. The molecule has 0 N–H and O–H groups in total. The lowest BCUT2D eigenvalue weighted by atomic mass is 10.0. The van der Waals surface area contributed by atoms with Crippen molar-refractivity contribution in [3.8, 4) is 0 Å². The van der Waals surface area contributed by atoms with Crippen molar-refractivity contribution in [1.29, 1.82) is 0 Å². The third kappa shape index (κ3) is 5.02. The second-order valence-corrected chi connectivity index (χ2v) is 6.38. The fourth-order valence-corrected chi connectivity index (χ4v) is 3.04. The molecule has 0 radical (unpaired) electrons. The molecule has 126 valence electrons. The molecule has 0 spiro atoms. The van der Waals surface area contributed by atoms with E-state index in [1.54, 1.807) is 0 Å².